The SMILES string of the molecule is COc1cccc([C@H]2O[C@H](CCCc3ncc(CCC(=O)O)s3)C(=O)N(CCC(C)(C)O)c3ccc(Cl)cc32)c1OC. The average molecular weight is 617 g/mol. The van der Waals surface area contributed by atoms with Gasteiger partial charge in [0.05, 0.1) is 31.2 Å². The molecule has 4 rings (SSSR count). The minimum absolute atomic E-state index is 0.0617. The molecule has 1 aromatic heterocycles. The summed E-state index contributed by atoms with van der Waals surface area (Å²) in [5, 5.41) is 20.8. The predicted molar refractivity (Wildman–Crippen MR) is 162 cm³/mol. The second-order valence-electron chi connectivity index (χ2n) is 10.8. The molecular formula is C31H37ClN2O7S. The Labute approximate surface area is 255 Å². The Kier molecular flexibility index (Phi) is 10.5. The molecule has 42 heavy (non-hydrogen) atoms. The molecule has 0 spiro atoms. The molecule has 2 N–H and O–H groups in total. The zero-order valence-electron chi connectivity index (χ0n) is 24.3. The van der Waals surface area contributed by atoms with Gasteiger partial charge in [0.25, 0.3) is 5.91 Å². The van der Waals surface area contributed by atoms with Crippen LogP contribution in [0.2, 0.25) is 5.02 Å². The molecule has 0 radical (unpaired) electrons. The Hall–Kier alpha value is -3.18. The van der Waals surface area contributed by atoms with Crippen LogP contribution in [0.15, 0.2) is 42.6 Å². The van der Waals surface area contributed by atoms with E-state index in [-0.39, 0.29) is 18.9 Å². The first kappa shape index (κ1) is 31.7. The van der Waals surface area contributed by atoms with Crippen LogP contribution in [0.4, 0.5) is 5.69 Å². The van der Waals surface area contributed by atoms with Crippen molar-refractivity contribution < 1.29 is 34.0 Å². The summed E-state index contributed by atoms with van der Waals surface area (Å²) in [4.78, 5) is 32.1. The zero-order valence-corrected chi connectivity index (χ0v) is 25.8. The molecule has 226 valence electrons. The Morgan fingerprint density at radius 3 is 2.64 bits per heavy atom. The number of methoxy groups -OCH3 is 2. The minimum Gasteiger partial charge on any atom is -0.493 e. The summed E-state index contributed by atoms with van der Waals surface area (Å²) in [7, 11) is 3.13. The fraction of sp³-hybridized carbons (Fsp3) is 0.452. The van der Waals surface area contributed by atoms with Crippen molar-refractivity contribution in [3.8, 4) is 11.5 Å². The number of para-hydroxylation sites is 1. The van der Waals surface area contributed by atoms with Gasteiger partial charge in [-0.25, -0.2) is 4.98 Å². The quantitative estimate of drug-likeness (QED) is 0.246. The Morgan fingerprint density at radius 1 is 1.17 bits per heavy atom. The van der Waals surface area contributed by atoms with Gasteiger partial charge in [-0.3, -0.25) is 9.59 Å². The molecule has 0 aliphatic carbocycles. The summed E-state index contributed by atoms with van der Waals surface area (Å²) >= 11 is 7.98. The van der Waals surface area contributed by atoms with Crippen molar-refractivity contribution in [2.75, 3.05) is 25.7 Å². The van der Waals surface area contributed by atoms with Crippen LogP contribution in [0.5, 0.6) is 11.5 Å². The fourth-order valence-corrected chi connectivity index (χ4v) is 6.13. The van der Waals surface area contributed by atoms with Crippen LogP contribution in [0, 0.1) is 0 Å². The molecule has 0 saturated heterocycles. The molecule has 2 aromatic carbocycles. The summed E-state index contributed by atoms with van der Waals surface area (Å²) in [5.74, 6) is 0.000456. The van der Waals surface area contributed by atoms with E-state index in [1.54, 1.807) is 57.4 Å². The number of aliphatic carboxylic acids is 1. The summed E-state index contributed by atoms with van der Waals surface area (Å²) in [6, 6.07) is 10.9. The molecule has 11 heteroatoms. The van der Waals surface area contributed by atoms with Gasteiger partial charge in [0.2, 0.25) is 0 Å². The van der Waals surface area contributed by atoms with E-state index in [0.29, 0.717) is 65.4 Å². The third-order valence-electron chi connectivity index (χ3n) is 7.11. The molecule has 0 bridgehead atoms. The molecule has 1 aliphatic heterocycles. The van der Waals surface area contributed by atoms with E-state index in [0.717, 1.165) is 9.88 Å². The number of carbonyl (C=O) groups is 2. The van der Waals surface area contributed by atoms with Crippen LogP contribution in [0.1, 0.15) is 66.6 Å². The van der Waals surface area contributed by atoms with Crippen molar-refractivity contribution in [2.45, 2.75) is 70.2 Å². The first-order chi connectivity index (χ1) is 20.0. The first-order valence-electron chi connectivity index (χ1n) is 13.9. The number of carboxylic acid groups (broad SMARTS) is 1. The van der Waals surface area contributed by atoms with Gasteiger partial charge < -0.3 is 29.3 Å². The number of amides is 1. The molecular weight excluding hydrogens is 580 g/mol. The number of aromatic nitrogens is 1. The van der Waals surface area contributed by atoms with Crippen molar-refractivity contribution >= 4 is 40.5 Å². The number of anilines is 1. The smallest absolute Gasteiger partial charge is 0.303 e. The Morgan fingerprint density at radius 2 is 1.95 bits per heavy atom. The number of aliphatic hydroxyl groups is 1. The topological polar surface area (TPSA) is 118 Å². The van der Waals surface area contributed by atoms with Crippen LogP contribution >= 0.6 is 22.9 Å². The predicted octanol–water partition coefficient (Wildman–Crippen LogP) is 5.84. The molecule has 0 saturated carbocycles. The number of aryl methyl sites for hydroxylation is 2. The molecule has 2 atom stereocenters. The average Bonchev–Trinajstić information content (AvgIpc) is 3.36. The lowest BCUT2D eigenvalue weighted by Gasteiger charge is -2.28. The zero-order chi connectivity index (χ0) is 30.4. The summed E-state index contributed by atoms with van der Waals surface area (Å²) in [5.41, 5.74) is 1.09. The number of hydrogen-bond acceptors (Lipinski definition) is 8. The highest BCUT2D eigenvalue weighted by molar-refractivity contribution is 7.11. The highest BCUT2D eigenvalue weighted by Crippen LogP contribution is 2.45. The van der Waals surface area contributed by atoms with Gasteiger partial charge in [-0.2, -0.15) is 0 Å². The fourth-order valence-electron chi connectivity index (χ4n) is 4.98. The van der Waals surface area contributed by atoms with Crippen molar-refractivity contribution in [1.82, 2.24) is 4.98 Å². The minimum atomic E-state index is -0.978. The maximum atomic E-state index is 14.1. The van der Waals surface area contributed by atoms with Crippen molar-refractivity contribution in [2.24, 2.45) is 0 Å². The van der Waals surface area contributed by atoms with Crippen LogP contribution in [0.3, 0.4) is 0 Å². The van der Waals surface area contributed by atoms with Crippen LogP contribution in [-0.2, 0) is 27.2 Å². The van der Waals surface area contributed by atoms with Crippen molar-refractivity contribution in [3.05, 3.63) is 68.6 Å². The number of benzene rings is 2. The lowest BCUT2D eigenvalue weighted by atomic mass is 9.97. The number of halogens is 1. The second kappa shape index (κ2) is 13.9. The number of ether oxygens (including phenoxy) is 3. The Bertz CT molecular complexity index is 1400. The highest BCUT2D eigenvalue weighted by Gasteiger charge is 2.38. The van der Waals surface area contributed by atoms with Crippen LogP contribution in [-0.4, -0.2) is 59.5 Å². The van der Waals surface area contributed by atoms with Crippen molar-refractivity contribution in [1.29, 1.82) is 0 Å². The van der Waals surface area contributed by atoms with Gasteiger partial charge in [-0.05, 0) is 70.2 Å². The van der Waals surface area contributed by atoms with Crippen molar-refractivity contribution in [3.63, 3.8) is 0 Å². The van der Waals surface area contributed by atoms with E-state index in [2.05, 4.69) is 4.98 Å². The Balaban J connectivity index is 1.67. The number of carbonyl (C=O) groups excluding carboxylic acids is 1. The molecule has 3 aromatic rings. The van der Waals surface area contributed by atoms with E-state index in [9.17, 15) is 14.7 Å². The number of rotatable bonds is 13. The van der Waals surface area contributed by atoms with E-state index >= 15 is 0 Å². The number of fused-ring (bicyclic) bond motifs is 1. The lowest BCUT2D eigenvalue weighted by Crippen LogP contribution is -2.42. The molecule has 1 aliphatic rings. The molecule has 0 unspecified atom stereocenters. The maximum absolute atomic E-state index is 14.1. The molecule has 0 fully saturated rings. The largest absolute Gasteiger partial charge is 0.493 e. The summed E-state index contributed by atoms with van der Waals surface area (Å²) < 4.78 is 18.0. The standard InChI is InChI=1S/C31H37ClN2O7S/c1-31(2,38)15-16-34-23-13-11-19(32)17-22(23)28(21-7-5-8-24(39-3)29(21)40-4)41-25(30(34)37)9-6-10-26-33-18-20(42-26)12-14-27(35)36/h5,7-8,11,13,17-18,25,28,38H,6,9-10,12,14-16H2,1-4H3,(H,35,36)/t25-,28-/m1/s1. The highest BCUT2D eigenvalue weighted by atomic mass is 35.5. The van der Waals surface area contributed by atoms with Gasteiger partial charge in [0.15, 0.2) is 11.5 Å². The normalized spacial score (nSPS) is 17.1. The van der Waals surface area contributed by atoms with E-state index in [1.807, 2.05) is 18.2 Å². The third-order valence-corrected chi connectivity index (χ3v) is 8.46. The van der Waals surface area contributed by atoms with Gasteiger partial charge in [-0.1, -0.05) is 23.7 Å². The van der Waals surface area contributed by atoms with E-state index in [1.165, 1.54) is 11.3 Å². The number of nitrogens with zero attached hydrogens (tertiary/aromatic N) is 2. The molecule has 9 nitrogen and oxygen atoms in total. The first-order valence-corrected chi connectivity index (χ1v) is 15.0. The molecule has 2 heterocycles. The molecule has 1 amide bonds. The van der Waals surface area contributed by atoms with Gasteiger partial charge in [0.1, 0.15) is 12.2 Å². The number of hydrogen-bond donors (Lipinski definition) is 2. The lowest BCUT2D eigenvalue weighted by molar-refractivity contribution is -0.137. The number of carboxylic acids is 1. The maximum Gasteiger partial charge on any atom is 0.303 e. The second-order valence-corrected chi connectivity index (χ2v) is 12.5. The van der Waals surface area contributed by atoms with Crippen LogP contribution in [0.25, 0.3) is 0 Å². The number of thiazole rings is 1. The third kappa shape index (κ3) is 7.80. The summed E-state index contributed by atoms with van der Waals surface area (Å²) in [6.07, 6.45) is 2.77. The van der Waals surface area contributed by atoms with Gasteiger partial charge in [0, 0.05) is 39.5 Å². The van der Waals surface area contributed by atoms with E-state index in [4.69, 9.17) is 30.9 Å². The van der Waals surface area contributed by atoms with Gasteiger partial charge >= 0.3 is 5.97 Å². The monoisotopic (exact) mass is 616 g/mol. The van der Waals surface area contributed by atoms with E-state index < -0.39 is 23.8 Å². The van der Waals surface area contributed by atoms with Crippen LogP contribution < -0.4 is 14.4 Å². The van der Waals surface area contributed by atoms with Gasteiger partial charge in [-0.15, -0.1) is 11.3 Å². The summed E-state index contributed by atoms with van der Waals surface area (Å²) in [6.45, 7) is 3.72.